The monoisotopic (exact) mass is 332 g/mol. The lowest BCUT2D eigenvalue weighted by molar-refractivity contribution is 0.126. The zero-order valence-corrected chi connectivity index (χ0v) is 13.5. The van der Waals surface area contributed by atoms with Crippen LogP contribution in [0.25, 0.3) is 0 Å². The number of nitrogens with zero attached hydrogens (tertiary/aromatic N) is 2. The summed E-state index contributed by atoms with van der Waals surface area (Å²) in [7, 11) is 0. The number of aromatic hydroxyl groups is 1. The largest absolute Gasteiger partial charge is 0.508 e. The molecule has 0 amide bonds. The minimum atomic E-state index is -0.186. The molecule has 6 nitrogen and oxygen atoms in total. The highest BCUT2D eigenvalue weighted by molar-refractivity contribution is 7.99. The second-order valence-electron chi connectivity index (χ2n) is 5.69. The number of anilines is 2. The van der Waals surface area contributed by atoms with Crippen molar-refractivity contribution >= 4 is 23.5 Å². The molecule has 1 aliphatic rings. The van der Waals surface area contributed by atoms with E-state index in [0.717, 1.165) is 41.3 Å². The van der Waals surface area contributed by atoms with E-state index in [1.165, 1.54) is 11.8 Å². The van der Waals surface area contributed by atoms with Gasteiger partial charge in [0, 0.05) is 17.1 Å². The van der Waals surface area contributed by atoms with Crippen LogP contribution in [-0.4, -0.2) is 32.3 Å². The second-order valence-corrected chi connectivity index (χ2v) is 6.80. The van der Waals surface area contributed by atoms with E-state index in [1.807, 2.05) is 12.1 Å². The lowest BCUT2D eigenvalue weighted by Crippen LogP contribution is -2.28. The summed E-state index contributed by atoms with van der Waals surface area (Å²) in [6.45, 7) is 0. The number of nitrogens with two attached hydrogens (primary N) is 1. The van der Waals surface area contributed by atoms with E-state index in [9.17, 15) is 10.2 Å². The van der Waals surface area contributed by atoms with Crippen molar-refractivity contribution in [1.82, 2.24) is 9.97 Å². The Hall–Kier alpha value is -1.99. The van der Waals surface area contributed by atoms with Crippen LogP contribution in [0.15, 0.2) is 40.3 Å². The summed E-state index contributed by atoms with van der Waals surface area (Å²) in [5.74, 6) is 1.19. The third-order valence-corrected chi connectivity index (χ3v) is 4.90. The molecule has 0 spiro atoms. The maximum Gasteiger partial charge on any atom is 0.221 e. The zero-order valence-electron chi connectivity index (χ0n) is 12.6. The van der Waals surface area contributed by atoms with Crippen molar-refractivity contribution in [2.24, 2.45) is 0 Å². The summed E-state index contributed by atoms with van der Waals surface area (Å²) >= 11 is 1.52. The number of phenols is 1. The van der Waals surface area contributed by atoms with Gasteiger partial charge in [-0.1, -0.05) is 11.8 Å². The molecule has 5 N–H and O–H groups in total. The summed E-state index contributed by atoms with van der Waals surface area (Å²) in [6, 6.07) is 7.27. The fourth-order valence-corrected chi connectivity index (χ4v) is 3.45. The third-order valence-electron chi connectivity index (χ3n) is 3.88. The molecule has 3 rings (SSSR count). The molecular formula is C16H20N4O2S. The molecule has 0 unspecified atom stereocenters. The van der Waals surface area contributed by atoms with Crippen LogP contribution in [-0.2, 0) is 0 Å². The summed E-state index contributed by atoms with van der Waals surface area (Å²) < 4.78 is 0. The minimum absolute atomic E-state index is 0.186. The van der Waals surface area contributed by atoms with Crippen molar-refractivity contribution in [3.8, 4) is 5.75 Å². The molecule has 1 fully saturated rings. The number of hydrogen-bond acceptors (Lipinski definition) is 7. The van der Waals surface area contributed by atoms with Gasteiger partial charge in [-0.15, -0.1) is 0 Å². The molecule has 0 radical (unpaired) electrons. The van der Waals surface area contributed by atoms with Gasteiger partial charge in [-0.25, -0.2) is 4.98 Å². The van der Waals surface area contributed by atoms with Gasteiger partial charge in [-0.3, -0.25) is 0 Å². The normalized spacial score (nSPS) is 21.1. The van der Waals surface area contributed by atoms with Gasteiger partial charge >= 0.3 is 0 Å². The first-order chi connectivity index (χ1) is 11.1. The lowest BCUT2D eigenvalue weighted by Gasteiger charge is -2.27. The van der Waals surface area contributed by atoms with Crippen LogP contribution < -0.4 is 11.1 Å². The zero-order chi connectivity index (χ0) is 16.2. The van der Waals surface area contributed by atoms with Crippen molar-refractivity contribution in [1.29, 1.82) is 0 Å². The second kappa shape index (κ2) is 7.06. The Bertz CT molecular complexity index is 658. The summed E-state index contributed by atoms with van der Waals surface area (Å²) in [4.78, 5) is 10.3. The van der Waals surface area contributed by atoms with Gasteiger partial charge in [0.05, 0.1) is 11.0 Å². The Kier molecular flexibility index (Phi) is 4.88. The van der Waals surface area contributed by atoms with E-state index in [0.29, 0.717) is 0 Å². The molecule has 2 aromatic rings. The quantitative estimate of drug-likeness (QED) is 0.682. The number of nitrogens with one attached hydrogen (secondary N) is 1. The molecule has 23 heavy (non-hydrogen) atoms. The maximum atomic E-state index is 9.61. The molecule has 1 saturated carbocycles. The molecule has 0 aliphatic heterocycles. The predicted molar refractivity (Wildman–Crippen MR) is 90.6 cm³/mol. The van der Waals surface area contributed by atoms with E-state index >= 15 is 0 Å². The van der Waals surface area contributed by atoms with Gasteiger partial charge in [0.2, 0.25) is 5.95 Å². The Labute approximate surface area is 139 Å². The summed E-state index contributed by atoms with van der Waals surface area (Å²) in [6.07, 6.45) is 4.95. The van der Waals surface area contributed by atoms with Gasteiger partial charge in [0.1, 0.15) is 11.6 Å². The van der Waals surface area contributed by atoms with Gasteiger partial charge in [-0.2, -0.15) is 4.98 Å². The highest BCUT2D eigenvalue weighted by atomic mass is 32.2. The number of phenolic OH excluding ortho intramolecular Hbond substituents is 1. The molecule has 1 heterocycles. The molecule has 1 aromatic heterocycles. The van der Waals surface area contributed by atoms with Crippen LogP contribution in [0.4, 0.5) is 11.8 Å². The Morgan fingerprint density at radius 3 is 2.52 bits per heavy atom. The van der Waals surface area contributed by atoms with Crippen molar-refractivity contribution in [3.63, 3.8) is 0 Å². The number of rotatable bonds is 4. The van der Waals surface area contributed by atoms with Crippen LogP contribution in [0.1, 0.15) is 25.7 Å². The smallest absolute Gasteiger partial charge is 0.221 e. The van der Waals surface area contributed by atoms with Gasteiger partial charge in [0.15, 0.2) is 0 Å². The fourth-order valence-electron chi connectivity index (χ4n) is 2.62. The van der Waals surface area contributed by atoms with Crippen LogP contribution in [0.5, 0.6) is 5.75 Å². The number of hydrogen-bond donors (Lipinski definition) is 4. The van der Waals surface area contributed by atoms with Gasteiger partial charge in [-0.05, 0) is 49.9 Å². The first-order valence-electron chi connectivity index (χ1n) is 7.64. The van der Waals surface area contributed by atoms with Gasteiger partial charge in [0.25, 0.3) is 0 Å². The molecule has 0 atom stereocenters. The maximum absolute atomic E-state index is 9.61. The minimum Gasteiger partial charge on any atom is -0.508 e. The highest BCUT2D eigenvalue weighted by Crippen LogP contribution is 2.34. The van der Waals surface area contributed by atoms with Gasteiger partial charge < -0.3 is 21.3 Å². The Morgan fingerprint density at radius 1 is 1.13 bits per heavy atom. The standard InChI is InChI=1S/C16H20N4O2S/c17-16-18-9-14(23-13-7-5-12(22)6-8-13)15(20-16)19-10-1-3-11(21)4-2-10/h5-11,21-22H,1-4H2,(H3,17,18,19,20). The third kappa shape index (κ3) is 4.27. The van der Waals surface area contributed by atoms with Crippen molar-refractivity contribution in [2.45, 2.75) is 47.6 Å². The first kappa shape index (κ1) is 15.9. The van der Waals surface area contributed by atoms with Crippen LogP contribution in [0, 0.1) is 0 Å². The molecule has 0 bridgehead atoms. The number of aliphatic hydroxyl groups excluding tert-OH is 1. The fraction of sp³-hybridized carbons (Fsp3) is 0.375. The van der Waals surface area contributed by atoms with Crippen molar-refractivity contribution in [2.75, 3.05) is 11.1 Å². The average Bonchev–Trinajstić information content (AvgIpc) is 2.54. The van der Waals surface area contributed by atoms with E-state index < -0.39 is 0 Å². The topological polar surface area (TPSA) is 104 Å². The predicted octanol–water partition coefficient (Wildman–Crippen LogP) is 2.63. The molecule has 1 aromatic carbocycles. The SMILES string of the molecule is Nc1ncc(Sc2ccc(O)cc2)c(NC2CCC(O)CC2)n1. The molecule has 7 heteroatoms. The Balaban J connectivity index is 1.76. The lowest BCUT2D eigenvalue weighted by atomic mass is 9.93. The highest BCUT2D eigenvalue weighted by Gasteiger charge is 2.21. The number of nitrogen functional groups attached to an aromatic ring is 1. The van der Waals surface area contributed by atoms with E-state index in [1.54, 1.807) is 18.3 Å². The first-order valence-corrected chi connectivity index (χ1v) is 8.46. The summed E-state index contributed by atoms with van der Waals surface area (Å²) in [5, 5.41) is 22.4. The Morgan fingerprint density at radius 2 is 1.83 bits per heavy atom. The average molecular weight is 332 g/mol. The van der Waals surface area contributed by atoms with Crippen LogP contribution >= 0.6 is 11.8 Å². The number of benzene rings is 1. The van der Waals surface area contributed by atoms with E-state index in [4.69, 9.17) is 5.73 Å². The van der Waals surface area contributed by atoms with E-state index in [-0.39, 0.29) is 23.8 Å². The molecule has 122 valence electrons. The number of aromatic nitrogens is 2. The number of aliphatic hydroxyl groups is 1. The summed E-state index contributed by atoms with van der Waals surface area (Å²) in [5.41, 5.74) is 5.72. The molecule has 0 saturated heterocycles. The van der Waals surface area contributed by atoms with Crippen LogP contribution in [0.2, 0.25) is 0 Å². The molecule has 1 aliphatic carbocycles. The van der Waals surface area contributed by atoms with Crippen molar-refractivity contribution < 1.29 is 10.2 Å². The van der Waals surface area contributed by atoms with E-state index in [2.05, 4.69) is 15.3 Å². The van der Waals surface area contributed by atoms with Crippen LogP contribution in [0.3, 0.4) is 0 Å². The molecular weight excluding hydrogens is 312 g/mol. The van der Waals surface area contributed by atoms with Crippen molar-refractivity contribution in [3.05, 3.63) is 30.5 Å².